The molecule has 0 aromatic carbocycles. The van der Waals surface area contributed by atoms with Gasteiger partial charge in [-0.3, -0.25) is 23.4 Å². The van der Waals surface area contributed by atoms with E-state index in [1.807, 2.05) is 12.2 Å². The van der Waals surface area contributed by atoms with Crippen LogP contribution >= 0.6 is 7.82 Å². The van der Waals surface area contributed by atoms with E-state index in [0.29, 0.717) is 19.3 Å². The van der Waals surface area contributed by atoms with E-state index in [1.165, 1.54) is 64.2 Å². The molecule has 3 unspecified atom stereocenters. The van der Waals surface area contributed by atoms with Crippen molar-refractivity contribution in [2.45, 2.75) is 264 Å². The molecule has 0 amide bonds. The first-order valence-electron chi connectivity index (χ1n) is 31.4. The van der Waals surface area contributed by atoms with E-state index in [1.54, 1.807) is 0 Å². The number of ether oxygens (including phenoxy) is 3. The normalized spacial score (nSPS) is 14.1. The molecule has 0 aromatic rings. The van der Waals surface area contributed by atoms with Gasteiger partial charge in [0.05, 0.1) is 19.8 Å². The fourth-order valence-corrected chi connectivity index (χ4v) is 8.94. The summed E-state index contributed by atoms with van der Waals surface area (Å²) in [6.07, 6.45) is 75.9. The molecule has 0 aliphatic rings. The topological polar surface area (TPSA) is 155 Å². The lowest BCUT2D eigenvalue weighted by atomic mass is 10.1. The Bertz CT molecular complexity index is 1800. The molecule has 2 N–H and O–H groups in total. The average molecular weight is 1140 g/mol. The molecule has 0 spiro atoms. The third-order valence-corrected chi connectivity index (χ3v) is 13.8. The zero-order valence-electron chi connectivity index (χ0n) is 50.5. The van der Waals surface area contributed by atoms with Crippen molar-refractivity contribution in [2.75, 3.05) is 26.4 Å². The molecule has 0 aliphatic heterocycles. The van der Waals surface area contributed by atoms with Gasteiger partial charge in [-0.15, -0.1) is 0 Å². The Morgan fingerprint density at radius 3 is 1.06 bits per heavy atom. The maximum absolute atomic E-state index is 12.9. The predicted octanol–water partition coefficient (Wildman–Crippen LogP) is 19.1. The summed E-state index contributed by atoms with van der Waals surface area (Å²) in [5, 5.41) is 9.85. The van der Waals surface area contributed by atoms with Crippen LogP contribution in [-0.4, -0.2) is 66.5 Å². The van der Waals surface area contributed by atoms with Crippen molar-refractivity contribution < 1.29 is 52.2 Å². The first-order valence-corrected chi connectivity index (χ1v) is 32.9. The summed E-state index contributed by atoms with van der Waals surface area (Å²) < 4.78 is 39.6. The summed E-state index contributed by atoms with van der Waals surface area (Å²) in [4.78, 5) is 48.7. The number of phosphoric ester groups is 1. The van der Waals surface area contributed by atoms with Crippen molar-refractivity contribution in [3.8, 4) is 0 Å². The molecule has 0 radical (unpaired) electrons. The van der Waals surface area contributed by atoms with Gasteiger partial charge in [0.2, 0.25) is 0 Å². The van der Waals surface area contributed by atoms with Crippen LogP contribution in [0.3, 0.4) is 0 Å². The van der Waals surface area contributed by atoms with E-state index in [4.69, 9.17) is 23.3 Å². The number of aliphatic hydroxyl groups excluding tert-OH is 1. The van der Waals surface area contributed by atoms with Crippen LogP contribution in [-0.2, 0) is 42.2 Å². The molecule has 11 nitrogen and oxygen atoms in total. The lowest BCUT2D eigenvalue weighted by molar-refractivity contribution is -0.161. The molecular weight excluding hydrogens is 1020 g/mol. The highest BCUT2D eigenvalue weighted by atomic mass is 31.2. The third-order valence-electron chi connectivity index (χ3n) is 12.9. The first-order chi connectivity index (χ1) is 39.2. The Hall–Kier alpha value is -4.12. The van der Waals surface area contributed by atoms with Crippen LogP contribution in [0.4, 0.5) is 0 Å². The van der Waals surface area contributed by atoms with E-state index in [9.17, 15) is 28.9 Å². The predicted molar refractivity (Wildman–Crippen MR) is 334 cm³/mol. The molecule has 456 valence electrons. The number of allylic oxidation sites excluding steroid dienone is 20. The number of carbonyl (C=O) groups is 3. The SMILES string of the molecule is CC/C=C\C/C=C\C/C=C\C/C=C\C/C=C\C/C=C\CCC(=O)OCC(COP(=O)(O)OCC(CO)OC(=O)CCCCCCCCC/C=C\CCCCCCCC)OC(=O)CCCCCCCCC/C=C\C/C=C\C/C=C\CC. The largest absolute Gasteiger partial charge is 0.472 e. The summed E-state index contributed by atoms with van der Waals surface area (Å²) in [5.74, 6) is -1.59. The minimum absolute atomic E-state index is 0.0932. The van der Waals surface area contributed by atoms with Crippen molar-refractivity contribution in [1.29, 1.82) is 0 Å². The Labute approximate surface area is 487 Å². The van der Waals surface area contributed by atoms with Gasteiger partial charge in [-0.2, -0.15) is 0 Å². The molecule has 0 saturated heterocycles. The second kappa shape index (κ2) is 61.0. The standard InChI is InChI=1S/C68H113O11P/c1-4-7-10-13-16-19-22-25-28-31-32-35-36-39-42-45-48-51-54-57-66(70)75-61-65(79-68(72)59-56-53-50-47-44-41-38-34-30-27-24-21-18-15-12-9-6-3)63-77-80(73,74)76-62-64(60-69)78-67(71)58-55-52-49-46-43-40-37-33-29-26-23-20-17-14-11-8-5-2/h7,9-10,12,16,18-19,21,25-30,32,35,39,42,48,51,64-65,69H,4-6,8,11,13-15,17,20,22-24,31,33-34,36-38,40-41,43-47,49-50,52-63H2,1-3H3,(H,73,74)/b10-7-,12-9-,19-16-,21-18-,28-25-,29-26-,30-27-,35-32-,42-39-,51-48-. The number of unbranched alkanes of at least 4 members (excludes halogenated alkanes) is 20. The number of phosphoric acid groups is 1. The summed E-state index contributed by atoms with van der Waals surface area (Å²) in [6, 6.07) is 0. The van der Waals surface area contributed by atoms with Crippen LogP contribution in [0.2, 0.25) is 0 Å². The average Bonchev–Trinajstić information content (AvgIpc) is 3.45. The molecule has 0 aromatic heterocycles. The molecule has 0 saturated carbocycles. The van der Waals surface area contributed by atoms with Crippen LogP contribution in [0.1, 0.15) is 252 Å². The highest BCUT2D eigenvalue weighted by molar-refractivity contribution is 7.47. The zero-order chi connectivity index (χ0) is 58.3. The minimum Gasteiger partial charge on any atom is -0.462 e. The van der Waals surface area contributed by atoms with Crippen molar-refractivity contribution in [1.82, 2.24) is 0 Å². The smallest absolute Gasteiger partial charge is 0.462 e. The lowest BCUT2D eigenvalue weighted by Gasteiger charge is -2.21. The molecule has 3 atom stereocenters. The van der Waals surface area contributed by atoms with Gasteiger partial charge in [-0.25, -0.2) is 4.57 Å². The number of rotatable bonds is 57. The fraction of sp³-hybridized carbons (Fsp3) is 0.662. The zero-order valence-corrected chi connectivity index (χ0v) is 51.4. The van der Waals surface area contributed by atoms with Crippen LogP contribution < -0.4 is 0 Å². The third kappa shape index (κ3) is 58.5. The van der Waals surface area contributed by atoms with Crippen LogP contribution in [0.15, 0.2) is 122 Å². The maximum atomic E-state index is 12.9. The van der Waals surface area contributed by atoms with Gasteiger partial charge in [-0.05, 0) is 116 Å². The molecular formula is C68H113O11P. The van der Waals surface area contributed by atoms with Gasteiger partial charge < -0.3 is 24.2 Å². The van der Waals surface area contributed by atoms with Gasteiger partial charge in [0, 0.05) is 19.3 Å². The number of aliphatic hydroxyl groups is 1. The number of hydrogen-bond acceptors (Lipinski definition) is 10. The van der Waals surface area contributed by atoms with Gasteiger partial charge >= 0.3 is 25.7 Å². The molecule has 12 heteroatoms. The number of esters is 3. The van der Waals surface area contributed by atoms with Gasteiger partial charge in [0.15, 0.2) is 6.10 Å². The second-order valence-electron chi connectivity index (χ2n) is 20.5. The highest BCUT2D eigenvalue weighted by Gasteiger charge is 2.28. The van der Waals surface area contributed by atoms with Crippen molar-refractivity contribution in [3.63, 3.8) is 0 Å². The summed E-state index contributed by atoms with van der Waals surface area (Å²) in [7, 11) is -4.78. The van der Waals surface area contributed by atoms with Gasteiger partial charge in [0.25, 0.3) is 0 Å². The van der Waals surface area contributed by atoms with Gasteiger partial charge in [-0.1, -0.05) is 239 Å². The molecule has 0 rings (SSSR count). The Kier molecular flexibility index (Phi) is 57.8. The summed E-state index contributed by atoms with van der Waals surface area (Å²) in [5.41, 5.74) is 0. The minimum atomic E-state index is -4.78. The Balaban J connectivity index is 4.82. The van der Waals surface area contributed by atoms with E-state index < -0.39 is 57.8 Å². The van der Waals surface area contributed by atoms with E-state index in [-0.39, 0.29) is 25.9 Å². The first kappa shape index (κ1) is 75.9. The molecule has 0 bridgehead atoms. The fourth-order valence-electron chi connectivity index (χ4n) is 8.16. The Morgan fingerprint density at radius 1 is 0.362 bits per heavy atom. The van der Waals surface area contributed by atoms with E-state index in [2.05, 4.69) is 130 Å². The number of hydrogen-bond donors (Lipinski definition) is 2. The molecule has 0 aliphatic carbocycles. The van der Waals surface area contributed by atoms with Crippen molar-refractivity contribution in [3.05, 3.63) is 122 Å². The Morgan fingerprint density at radius 2 is 0.675 bits per heavy atom. The number of carbonyl (C=O) groups excluding carboxylic acids is 3. The van der Waals surface area contributed by atoms with E-state index >= 15 is 0 Å². The molecule has 0 heterocycles. The van der Waals surface area contributed by atoms with Crippen LogP contribution in [0.25, 0.3) is 0 Å². The highest BCUT2D eigenvalue weighted by Crippen LogP contribution is 2.43. The van der Waals surface area contributed by atoms with Gasteiger partial charge in [0.1, 0.15) is 12.7 Å². The van der Waals surface area contributed by atoms with Crippen molar-refractivity contribution >= 4 is 25.7 Å². The maximum Gasteiger partial charge on any atom is 0.472 e. The lowest BCUT2D eigenvalue weighted by Crippen LogP contribution is -2.30. The summed E-state index contributed by atoms with van der Waals surface area (Å²) >= 11 is 0. The van der Waals surface area contributed by atoms with Crippen LogP contribution in [0.5, 0.6) is 0 Å². The quantitative estimate of drug-likeness (QED) is 0.0197. The van der Waals surface area contributed by atoms with Crippen molar-refractivity contribution in [2.24, 2.45) is 0 Å². The summed E-state index contributed by atoms with van der Waals surface area (Å²) in [6.45, 7) is 4.33. The molecule has 80 heavy (non-hydrogen) atoms. The van der Waals surface area contributed by atoms with E-state index in [0.717, 1.165) is 128 Å². The molecule has 0 fully saturated rings. The monoisotopic (exact) mass is 1140 g/mol. The van der Waals surface area contributed by atoms with Crippen LogP contribution in [0, 0.1) is 0 Å². The second-order valence-corrected chi connectivity index (χ2v) is 21.9.